The third kappa shape index (κ3) is 1.49. The third-order valence-corrected chi connectivity index (χ3v) is 6.00. The highest BCUT2D eigenvalue weighted by molar-refractivity contribution is 5.52. The number of carbonyl (C=O) groups excluding carboxylic acids is 1. The number of hydrogen-bond acceptors (Lipinski definition) is 2. The second-order valence-corrected chi connectivity index (χ2v) is 6.71. The maximum absolute atomic E-state index is 11.4. The first kappa shape index (κ1) is 12.2. The molecular formula is C17H21NO2. The van der Waals surface area contributed by atoms with Crippen LogP contribution in [0.4, 0.5) is 0 Å². The highest BCUT2D eigenvalue weighted by Gasteiger charge is 2.53. The lowest BCUT2D eigenvalue weighted by Gasteiger charge is -2.58. The number of benzene rings is 1. The van der Waals surface area contributed by atoms with Crippen molar-refractivity contribution in [2.45, 2.75) is 50.0 Å². The van der Waals surface area contributed by atoms with Crippen molar-refractivity contribution in [3.05, 3.63) is 29.3 Å². The number of fused-ring (bicyclic) bond motifs is 1. The Hall–Kier alpha value is -1.51. The smallest absolute Gasteiger partial charge is 0.209 e. The first-order valence-corrected chi connectivity index (χ1v) is 7.78. The van der Waals surface area contributed by atoms with E-state index in [0.29, 0.717) is 17.7 Å². The predicted molar refractivity (Wildman–Crippen MR) is 76.6 cm³/mol. The molecule has 20 heavy (non-hydrogen) atoms. The van der Waals surface area contributed by atoms with Gasteiger partial charge in [-0.25, -0.2) is 0 Å². The molecule has 2 bridgehead atoms. The zero-order chi connectivity index (χ0) is 13.7. The number of nitrogens with zero attached hydrogens (tertiary/aromatic N) is 1. The molecule has 3 heteroatoms. The molecule has 2 fully saturated rings. The molecule has 3 aliphatic rings. The summed E-state index contributed by atoms with van der Waals surface area (Å²) in [5.41, 5.74) is 2.94. The number of likely N-dealkylation sites (tertiary alicyclic amines) is 1. The van der Waals surface area contributed by atoms with Gasteiger partial charge in [0.25, 0.3) is 0 Å². The number of phenolic OH excluding ortho intramolecular Hbond substituents is 1. The van der Waals surface area contributed by atoms with Gasteiger partial charge in [0.15, 0.2) is 0 Å². The Morgan fingerprint density at radius 2 is 2.20 bits per heavy atom. The highest BCUT2D eigenvalue weighted by atomic mass is 16.3. The molecule has 1 aliphatic heterocycles. The van der Waals surface area contributed by atoms with E-state index in [1.54, 1.807) is 6.07 Å². The lowest BCUT2D eigenvalue weighted by molar-refractivity contribution is -0.126. The lowest BCUT2D eigenvalue weighted by Crippen LogP contribution is -2.60. The van der Waals surface area contributed by atoms with Crippen molar-refractivity contribution in [1.29, 1.82) is 0 Å². The number of piperidine rings is 1. The normalized spacial score (nSPS) is 35.1. The molecule has 1 saturated heterocycles. The van der Waals surface area contributed by atoms with Gasteiger partial charge in [0.2, 0.25) is 6.41 Å². The summed E-state index contributed by atoms with van der Waals surface area (Å²) in [6, 6.07) is 6.23. The van der Waals surface area contributed by atoms with Crippen molar-refractivity contribution in [1.82, 2.24) is 4.90 Å². The fourth-order valence-electron chi connectivity index (χ4n) is 5.15. The summed E-state index contributed by atoms with van der Waals surface area (Å²) in [6.45, 7) is 0.875. The predicted octanol–water partition coefficient (Wildman–Crippen LogP) is 2.61. The average Bonchev–Trinajstić information content (AvgIpc) is 2.48. The molecule has 1 heterocycles. The molecule has 1 aromatic carbocycles. The zero-order valence-electron chi connectivity index (χ0n) is 11.7. The van der Waals surface area contributed by atoms with Crippen LogP contribution >= 0.6 is 0 Å². The minimum atomic E-state index is 0.217. The third-order valence-electron chi connectivity index (χ3n) is 6.00. The van der Waals surface area contributed by atoms with Crippen LogP contribution in [0.25, 0.3) is 0 Å². The van der Waals surface area contributed by atoms with Gasteiger partial charge in [0.1, 0.15) is 5.75 Å². The van der Waals surface area contributed by atoms with Gasteiger partial charge >= 0.3 is 0 Å². The molecule has 1 saturated carbocycles. The summed E-state index contributed by atoms with van der Waals surface area (Å²) < 4.78 is 0. The van der Waals surface area contributed by atoms with Gasteiger partial charge in [-0.05, 0) is 54.9 Å². The van der Waals surface area contributed by atoms with Gasteiger partial charge in [-0.1, -0.05) is 18.9 Å². The van der Waals surface area contributed by atoms with E-state index in [-0.39, 0.29) is 5.41 Å². The van der Waals surface area contributed by atoms with Crippen LogP contribution in [0.5, 0.6) is 5.75 Å². The van der Waals surface area contributed by atoms with E-state index >= 15 is 0 Å². The molecule has 1 amide bonds. The molecule has 0 unspecified atom stereocenters. The number of aromatic hydroxyl groups is 1. The summed E-state index contributed by atoms with van der Waals surface area (Å²) in [4.78, 5) is 13.4. The van der Waals surface area contributed by atoms with Gasteiger partial charge < -0.3 is 10.0 Å². The van der Waals surface area contributed by atoms with Crippen LogP contribution in [0.1, 0.15) is 43.2 Å². The van der Waals surface area contributed by atoms with E-state index < -0.39 is 0 Å². The molecule has 1 aromatic rings. The second kappa shape index (κ2) is 4.24. The molecule has 3 atom stereocenters. The highest BCUT2D eigenvalue weighted by Crippen LogP contribution is 2.55. The minimum absolute atomic E-state index is 0.217. The van der Waals surface area contributed by atoms with E-state index in [9.17, 15) is 9.90 Å². The minimum Gasteiger partial charge on any atom is -0.508 e. The van der Waals surface area contributed by atoms with Crippen LogP contribution in [0.2, 0.25) is 0 Å². The monoisotopic (exact) mass is 271 g/mol. The fourth-order valence-corrected chi connectivity index (χ4v) is 5.15. The van der Waals surface area contributed by atoms with Gasteiger partial charge in [0.05, 0.1) is 0 Å². The van der Waals surface area contributed by atoms with E-state index in [0.717, 1.165) is 25.8 Å². The van der Waals surface area contributed by atoms with Crippen LogP contribution in [0.3, 0.4) is 0 Å². The lowest BCUT2D eigenvalue weighted by atomic mass is 9.52. The molecule has 4 rings (SSSR count). The van der Waals surface area contributed by atoms with Crippen LogP contribution in [-0.4, -0.2) is 29.0 Å². The van der Waals surface area contributed by atoms with Crippen molar-refractivity contribution in [2.75, 3.05) is 6.54 Å². The molecule has 106 valence electrons. The Kier molecular flexibility index (Phi) is 2.60. The summed E-state index contributed by atoms with van der Waals surface area (Å²) in [7, 11) is 0. The molecule has 3 nitrogen and oxygen atoms in total. The largest absolute Gasteiger partial charge is 0.508 e. The number of carbonyl (C=O) groups is 1. The molecule has 0 spiro atoms. The summed E-state index contributed by atoms with van der Waals surface area (Å²) >= 11 is 0. The van der Waals surface area contributed by atoms with Crippen LogP contribution in [0, 0.1) is 5.92 Å². The number of hydrogen-bond donors (Lipinski definition) is 1. The molecule has 2 aliphatic carbocycles. The van der Waals surface area contributed by atoms with E-state index in [2.05, 4.69) is 6.07 Å². The second-order valence-electron chi connectivity index (χ2n) is 6.71. The molecule has 0 aromatic heterocycles. The Bertz CT molecular complexity index is 556. The van der Waals surface area contributed by atoms with Crippen LogP contribution in [0.15, 0.2) is 18.2 Å². The Labute approximate surface area is 119 Å². The molecular weight excluding hydrogens is 250 g/mol. The molecule has 1 N–H and O–H groups in total. The van der Waals surface area contributed by atoms with Crippen LogP contribution < -0.4 is 0 Å². The first-order chi connectivity index (χ1) is 9.74. The maximum Gasteiger partial charge on any atom is 0.209 e. The van der Waals surface area contributed by atoms with Crippen molar-refractivity contribution >= 4 is 6.41 Å². The fraction of sp³-hybridized carbons (Fsp3) is 0.588. The Morgan fingerprint density at radius 1 is 1.30 bits per heavy atom. The summed E-state index contributed by atoms with van der Waals surface area (Å²) in [5, 5.41) is 9.90. The van der Waals surface area contributed by atoms with Crippen molar-refractivity contribution < 1.29 is 9.90 Å². The van der Waals surface area contributed by atoms with E-state index in [1.807, 2.05) is 11.0 Å². The summed E-state index contributed by atoms with van der Waals surface area (Å²) in [5.74, 6) is 0.975. The Morgan fingerprint density at radius 3 is 3.05 bits per heavy atom. The number of rotatable bonds is 1. The zero-order valence-corrected chi connectivity index (χ0v) is 11.7. The van der Waals surface area contributed by atoms with Gasteiger partial charge in [-0.2, -0.15) is 0 Å². The van der Waals surface area contributed by atoms with Crippen LogP contribution in [-0.2, 0) is 16.6 Å². The van der Waals surface area contributed by atoms with Gasteiger partial charge in [0, 0.05) is 18.0 Å². The standard InChI is InChI=1S/C17H21NO2/c19-11-18-8-7-17-6-2-1-3-14(17)16(18)9-12-4-5-13(20)10-15(12)17/h4-5,10-11,14,16,20H,1-3,6-9H2/t14-,16+,17+/m0/s1. The molecule has 0 radical (unpaired) electrons. The number of phenols is 1. The first-order valence-electron chi connectivity index (χ1n) is 7.78. The Balaban J connectivity index is 1.89. The van der Waals surface area contributed by atoms with E-state index in [1.165, 1.54) is 36.8 Å². The topological polar surface area (TPSA) is 40.5 Å². The van der Waals surface area contributed by atoms with Crippen molar-refractivity contribution in [2.24, 2.45) is 5.92 Å². The quantitative estimate of drug-likeness (QED) is 0.798. The van der Waals surface area contributed by atoms with Gasteiger partial charge in [-0.3, -0.25) is 4.79 Å². The average molecular weight is 271 g/mol. The van der Waals surface area contributed by atoms with Crippen molar-refractivity contribution in [3.8, 4) is 5.75 Å². The number of amides is 1. The van der Waals surface area contributed by atoms with Crippen molar-refractivity contribution in [3.63, 3.8) is 0 Å². The summed E-state index contributed by atoms with van der Waals surface area (Å²) in [6.07, 6.45) is 8.07. The SMILES string of the molecule is O=CN1CC[C@]23CCCC[C@H]2[C@H]1Cc1ccc(O)cc13. The van der Waals surface area contributed by atoms with E-state index in [4.69, 9.17) is 0 Å². The maximum atomic E-state index is 11.4. The van der Waals surface area contributed by atoms with Gasteiger partial charge in [-0.15, -0.1) is 0 Å².